The molecule has 0 aromatic heterocycles. The van der Waals surface area contributed by atoms with Gasteiger partial charge < -0.3 is 9.84 Å². The van der Waals surface area contributed by atoms with Gasteiger partial charge in [-0.15, -0.1) is 0 Å². The zero-order chi connectivity index (χ0) is 11.9. The monoisotopic (exact) mass is 232 g/mol. The molecule has 92 valence electrons. The number of aliphatic hydroxyl groups is 1. The van der Waals surface area contributed by atoms with E-state index in [2.05, 4.69) is 6.07 Å². The van der Waals surface area contributed by atoms with Crippen LogP contribution in [-0.4, -0.2) is 11.7 Å². The van der Waals surface area contributed by atoms with Crippen LogP contribution >= 0.6 is 0 Å². The van der Waals surface area contributed by atoms with Crippen LogP contribution in [0.5, 0.6) is 5.75 Å². The Labute approximate surface area is 103 Å². The first-order valence-corrected chi connectivity index (χ1v) is 6.64. The second-order valence-corrected chi connectivity index (χ2v) is 5.67. The standard InChI is InChI=1S/C15H20O2/c1-15(16,10-11-7-8-11)13-6-2-4-12-5-3-9-17-14(12)13/h2,4,6,11,16H,3,5,7-10H2,1H3. The number of benzene rings is 1. The SMILES string of the molecule is CC(O)(CC1CC1)c1cccc2c1OCCC2. The summed E-state index contributed by atoms with van der Waals surface area (Å²) in [5.41, 5.74) is 1.51. The van der Waals surface area contributed by atoms with E-state index in [0.717, 1.165) is 37.2 Å². The van der Waals surface area contributed by atoms with Crippen LogP contribution in [-0.2, 0) is 12.0 Å². The Morgan fingerprint density at radius 1 is 1.41 bits per heavy atom. The third-order valence-electron chi connectivity index (χ3n) is 3.90. The van der Waals surface area contributed by atoms with Gasteiger partial charge in [-0.3, -0.25) is 0 Å². The molecule has 17 heavy (non-hydrogen) atoms. The molecule has 1 fully saturated rings. The lowest BCUT2D eigenvalue weighted by Crippen LogP contribution is -2.24. The van der Waals surface area contributed by atoms with Crippen molar-refractivity contribution in [2.75, 3.05) is 6.61 Å². The molecule has 1 unspecified atom stereocenters. The van der Waals surface area contributed by atoms with Crippen molar-refractivity contribution in [3.63, 3.8) is 0 Å². The minimum absolute atomic E-state index is 0.712. The molecule has 2 aliphatic rings. The zero-order valence-electron chi connectivity index (χ0n) is 10.4. The third kappa shape index (κ3) is 2.19. The van der Waals surface area contributed by atoms with E-state index in [-0.39, 0.29) is 0 Å². The predicted molar refractivity (Wildman–Crippen MR) is 67.2 cm³/mol. The van der Waals surface area contributed by atoms with Gasteiger partial charge in [0.05, 0.1) is 12.2 Å². The number of hydrogen-bond acceptors (Lipinski definition) is 2. The van der Waals surface area contributed by atoms with E-state index >= 15 is 0 Å². The fourth-order valence-electron chi connectivity index (χ4n) is 2.81. The molecule has 0 radical (unpaired) electrons. The molecule has 1 aliphatic heterocycles. The van der Waals surface area contributed by atoms with Crippen molar-refractivity contribution < 1.29 is 9.84 Å². The van der Waals surface area contributed by atoms with Crippen LogP contribution in [0.3, 0.4) is 0 Å². The highest BCUT2D eigenvalue weighted by molar-refractivity contribution is 5.45. The van der Waals surface area contributed by atoms with Gasteiger partial charge in [-0.25, -0.2) is 0 Å². The summed E-state index contributed by atoms with van der Waals surface area (Å²) in [5.74, 6) is 1.66. The summed E-state index contributed by atoms with van der Waals surface area (Å²) in [7, 11) is 0. The van der Waals surface area contributed by atoms with Crippen LogP contribution < -0.4 is 4.74 Å². The Morgan fingerprint density at radius 2 is 2.24 bits per heavy atom. The largest absolute Gasteiger partial charge is 0.493 e. The summed E-state index contributed by atoms with van der Waals surface area (Å²) in [6.45, 7) is 2.71. The van der Waals surface area contributed by atoms with Gasteiger partial charge in [-0.1, -0.05) is 31.0 Å². The number of fused-ring (bicyclic) bond motifs is 1. The first-order valence-electron chi connectivity index (χ1n) is 6.64. The average molecular weight is 232 g/mol. The van der Waals surface area contributed by atoms with Crippen molar-refractivity contribution in [2.24, 2.45) is 5.92 Å². The van der Waals surface area contributed by atoms with E-state index in [1.165, 1.54) is 18.4 Å². The third-order valence-corrected chi connectivity index (χ3v) is 3.90. The number of ether oxygens (including phenoxy) is 1. The van der Waals surface area contributed by atoms with Crippen LogP contribution in [0, 0.1) is 5.92 Å². The second kappa shape index (κ2) is 4.02. The van der Waals surface area contributed by atoms with Crippen molar-refractivity contribution in [2.45, 2.75) is 44.6 Å². The molecule has 1 N–H and O–H groups in total. The van der Waals surface area contributed by atoms with Crippen molar-refractivity contribution in [1.29, 1.82) is 0 Å². The van der Waals surface area contributed by atoms with Crippen molar-refractivity contribution >= 4 is 0 Å². The minimum Gasteiger partial charge on any atom is -0.493 e. The normalized spacial score (nSPS) is 22.5. The fourth-order valence-corrected chi connectivity index (χ4v) is 2.81. The average Bonchev–Trinajstić information content (AvgIpc) is 3.11. The van der Waals surface area contributed by atoms with Gasteiger partial charge in [0.2, 0.25) is 0 Å². The van der Waals surface area contributed by atoms with Gasteiger partial charge in [-0.05, 0) is 37.7 Å². The lowest BCUT2D eigenvalue weighted by molar-refractivity contribution is 0.0380. The van der Waals surface area contributed by atoms with E-state index in [4.69, 9.17) is 4.74 Å². The molecule has 1 atom stereocenters. The van der Waals surface area contributed by atoms with Gasteiger partial charge >= 0.3 is 0 Å². The topological polar surface area (TPSA) is 29.5 Å². The predicted octanol–water partition coefficient (Wildman–Crippen LogP) is 3.02. The summed E-state index contributed by atoms with van der Waals surface area (Å²) in [6.07, 6.45) is 5.56. The van der Waals surface area contributed by atoms with Gasteiger partial charge in [0.25, 0.3) is 0 Å². The molecule has 2 nitrogen and oxygen atoms in total. The van der Waals surface area contributed by atoms with Crippen LogP contribution in [0.25, 0.3) is 0 Å². The number of rotatable bonds is 3. The van der Waals surface area contributed by atoms with Crippen LogP contribution in [0.15, 0.2) is 18.2 Å². The fraction of sp³-hybridized carbons (Fsp3) is 0.600. The molecule has 1 saturated carbocycles. The number of aryl methyl sites for hydroxylation is 1. The molecule has 0 bridgehead atoms. The molecule has 0 spiro atoms. The first kappa shape index (κ1) is 11.1. The molecular formula is C15H20O2. The van der Waals surface area contributed by atoms with E-state index in [1.54, 1.807) is 0 Å². The van der Waals surface area contributed by atoms with Gasteiger partial charge in [0.1, 0.15) is 5.75 Å². The highest BCUT2D eigenvalue weighted by Crippen LogP contribution is 2.44. The molecule has 1 aromatic carbocycles. The summed E-state index contributed by atoms with van der Waals surface area (Å²) in [6, 6.07) is 6.18. The second-order valence-electron chi connectivity index (χ2n) is 5.67. The number of para-hydroxylation sites is 1. The molecule has 0 amide bonds. The highest BCUT2D eigenvalue weighted by atomic mass is 16.5. The van der Waals surface area contributed by atoms with Crippen LogP contribution in [0.1, 0.15) is 43.7 Å². The summed E-state index contributed by atoms with van der Waals surface area (Å²) in [5, 5.41) is 10.7. The molecule has 2 heteroatoms. The van der Waals surface area contributed by atoms with Crippen molar-refractivity contribution in [1.82, 2.24) is 0 Å². The first-order chi connectivity index (χ1) is 8.17. The smallest absolute Gasteiger partial charge is 0.128 e. The highest BCUT2D eigenvalue weighted by Gasteiger charge is 2.35. The maximum Gasteiger partial charge on any atom is 0.128 e. The zero-order valence-corrected chi connectivity index (χ0v) is 10.4. The van der Waals surface area contributed by atoms with E-state index in [9.17, 15) is 5.11 Å². The Hall–Kier alpha value is -1.02. The maximum absolute atomic E-state index is 10.7. The van der Waals surface area contributed by atoms with E-state index in [0.29, 0.717) is 5.92 Å². The summed E-state index contributed by atoms with van der Waals surface area (Å²) in [4.78, 5) is 0. The van der Waals surface area contributed by atoms with Crippen LogP contribution in [0.4, 0.5) is 0 Å². The number of hydrogen-bond donors (Lipinski definition) is 1. The molecule has 1 aromatic rings. The van der Waals surface area contributed by atoms with E-state index in [1.807, 2.05) is 19.1 Å². The lowest BCUT2D eigenvalue weighted by Gasteiger charge is -2.29. The molecule has 0 saturated heterocycles. The summed E-state index contributed by atoms with van der Waals surface area (Å²) < 4.78 is 5.78. The van der Waals surface area contributed by atoms with Crippen molar-refractivity contribution in [3.8, 4) is 5.75 Å². The Morgan fingerprint density at radius 3 is 3.00 bits per heavy atom. The summed E-state index contributed by atoms with van der Waals surface area (Å²) >= 11 is 0. The Bertz CT molecular complexity index is 419. The van der Waals surface area contributed by atoms with E-state index < -0.39 is 5.60 Å². The van der Waals surface area contributed by atoms with Gasteiger partial charge in [-0.2, -0.15) is 0 Å². The molecular weight excluding hydrogens is 212 g/mol. The Balaban J connectivity index is 1.95. The molecule has 3 rings (SSSR count). The lowest BCUT2D eigenvalue weighted by atomic mass is 9.87. The molecule has 1 heterocycles. The van der Waals surface area contributed by atoms with Gasteiger partial charge in [0, 0.05) is 5.56 Å². The molecule has 1 aliphatic carbocycles. The van der Waals surface area contributed by atoms with Crippen molar-refractivity contribution in [3.05, 3.63) is 29.3 Å². The van der Waals surface area contributed by atoms with Gasteiger partial charge in [0.15, 0.2) is 0 Å². The Kier molecular flexibility index (Phi) is 2.62. The maximum atomic E-state index is 10.7. The minimum atomic E-state index is -0.732. The quantitative estimate of drug-likeness (QED) is 0.868. The van der Waals surface area contributed by atoms with Crippen LogP contribution in [0.2, 0.25) is 0 Å².